The normalized spacial score (nSPS) is 32.8. The summed E-state index contributed by atoms with van der Waals surface area (Å²) in [7, 11) is 0. The monoisotopic (exact) mass is 508 g/mol. The summed E-state index contributed by atoms with van der Waals surface area (Å²) in [6.45, 7) is 5.86. The van der Waals surface area contributed by atoms with Gasteiger partial charge in [-0.15, -0.1) is 0 Å². The predicted octanol–water partition coefficient (Wildman–Crippen LogP) is 1.94. The van der Waals surface area contributed by atoms with E-state index in [4.69, 9.17) is 9.47 Å². The number of fused-ring (bicyclic) bond motifs is 1. The van der Waals surface area contributed by atoms with Crippen LogP contribution in [0.2, 0.25) is 0 Å². The average molecular weight is 509 g/mol. The van der Waals surface area contributed by atoms with Gasteiger partial charge in [0.15, 0.2) is 0 Å². The maximum Gasteiger partial charge on any atom is 0.312 e. The number of hydrogen-bond donors (Lipinski definition) is 2. The van der Waals surface area contributed by atoms with E-state index in [2.05, 4.69) is 21.2 Å². The van der Waals surface area contributed by atoms with Crippen molar-refractivity contribution in [3.63, 3.8) is 0 Å². The fourth-order valence-corrected chi connectivity index (χ4v) is 6.43. The molecular weight excluding hydrogens is 480 g/mol. The van der Waals surface area contributed by atoms with Crippen molar-refractivity contribution in [1.29, 1.82) is 0 Å². The van der Waals surface area contributed by atoms with E-state index in [1.807, 2.05) is 32.0 Å². The fourth-order valence-electron chi connectivity index (χ4n) is 5.49. The number of amides is 2. The number of nitrogens with one attached hydrogen (secondary N) is 1. The lowest BCUT2D eigenvalue weighted by Crippen LogP contribution is -2.54. The molecule has 2 bridgehead atoms. The largest absolute Gasteiger partial charge is 0.466 e. The summed E-state index contributed by atoms with van der Waals surface area (Å²) in [6, 6.07) is 4.88. The summed E-state index contributed by atoms with van der Waals surface area (Å²) in [5.74, 6) is -2.67. The van der Waals surface area contributed by atoms with Crippen molar-refractivity contribution in [2.45, 2.75) is 56.2 Å². The Balaban J connectivity index is 1.72. The van der Waals surface area contributed by atoms with Crippen LogP contribution in [0.3, 0.4) is 0 Å². The van der Waals surface area contributed by atoms with Crippen molar-refractivity contribution in [3.05, 3.63) is 29.3 Å². The molecule has 3 aliphatic heterocycles. The molecule has 3 saturated heterocycles. The van der Waals surface area contributed by atoms with Crippen LogP contribution >= 0.6 is 15.9 Å². The van der Waals surface area contributed by atoms with Crippen LogP contribution in [0.5, 0.6) is 0 Å². The van der Waals surface area contributed by atoms with Gasteiger partial charge >= 0.3 is 5.97 Å². The number of likely N-dealkylation sites (tertiary alicyclic amines) is 1. The van der Waals surface area contributed by atoms with Crippen LogP contribution in [0.15, 0.2) is 18.2 Å². The Kier molecular flexibility index (Phi) is 6.35. The van der Waals surface area contributed by atoms with Crippen molar-refractivity contribution >= 4 is 39.4 Å². The number of benzene rings is 1. The Morgan fingerprint density at radius 2 is 2.12 bits per heavy atom. The number of alkyl halides is 1. The van der Waals surface area contributed by atoms with Gasteiger partial charge in [-0.1, -0.05) is 28.1 Å². The molecule has 32 heavy (non-hydrogen) atoms. The number of rotatable bonds is 7. The second-order valence-electron chi connectivity index (χ2n) is 8.83. The molecule has 3 fully saturated rings. The van der Waals surface area contributed by atoms with E-state index in [9.17, 15) is 19.5 Å². The number of nitrogens with zero attached hydrogens (tertiary/aromatic N) is 1. The number of carbonyl (C=O) groups is 3. The van der Waals surface area contributed by atoms with E-state index < -0.39 is 35.6 Å². The van der Waals surface area contributed by atoms with Gasteiger partial charge in [-0.3, -0.25) is 14.4 Å². The zero-order chi connectivity index (χ0) is 23.2. The molecule has 0 aliphatic carbocycles. The van der Waals surface area contributed by atoms with E-state index in [0.717, 1.165) is 11.1 Å². The lowest BCUT2D eigenvalue weighted by molar-refractivity contribution is -0.154. The third-order valence-electron chi connectivity index (χ3n) is 6.80. The van der Waals surface area contributed by atoms with Gasteiger partial charge in [0.05, 0.1) is 24.5 Å². The Morgan fingerprint density at radius 1 is 1.38 bits per heavy atom. The molecule has 1 aromatic rings. The Labute approximate surface area is 195 Å². The lowest BCUT2D eigenvalue weighted by atomic mass is 9.70. The second-order valence-corrected chi connectivity index (χ2v) is 10.0. The SMILES string of the molecule is CCOC(=O)[C@H]1[C@@H]2OC3(CC2Br)C(C(=O)Nc2cc(C)ccc2C)N(CCCO)C(=O)[C@H]13. The molecule has 3 heterocycles. The molecule has 2 amide bonds. The average Bonchev–Trinajstić information content (AvgIpc) is 3.32. The minimum Gasteiger partial charge on any atom is -0.466 e. The number of halogens is 1. The smallest absolute Gasteiger partial charge is 0.312 e. The maximum atomic E-state index is 13.7. The van der Waals surface area contributed by atoms with Crippen molar-refractivity contribution < 1.29 is 29.0 Å². The number of esters is 1. The van der Waals surface area contributed by atoms with Gasteiger partial charge in [0.2, 0.25) is 11.8 Å². The first-order chi connectivity index (χ1) is 15.2. The number of ether oxygens (including phenoxy) is 2. The molecule has 8 nitrogen and oxygen atoms in total. The minimum absolute atomic E-state index is 0.112. The van der Waals surface area contributed by atoms with Gasteiger partial charge in [0, 0.05) is 23.7 Å². The first kappa shape index (κ1) is 23.2. The standard InChI is InChI=1S/C23H29BrN2O6/c1-4-31-22(30)16-17-21(29)26(8-5-9-27)19(23(17)11-14(24)18(16)32-23)20(28)25-15-10-12(2)6-7-13(15)3/h6-7,10,14,16-19,27H,4-5,8-9,11H2,1-3H3,(H,25,28)/t14?,16-,17+,18-,19?,23?/m1/s1. The van der Waals surface area contributed by atoms with E-state index in [-0.39, 0.29) is 36.4 Å². The van der Waals surface area contributed by atoms with Gasteiger partial charge in [-0.2, -0.15) is 0 Å². The number of aryl methyl sites for hydroxylation is 2. The van der Waals surface area contributed by atoms with E-state index in [1.165, 1.54) is 4.90 Å². The molecule has 9 heteroatoms. The van der Waals surface area contributed by atoms with Crippen LogP contribution in [-0.2, 0) is 23.9 Å². The second kappa shape index (κ2) is 8.76. The van der Waals surface area contributed by atoms with Crippen LogP contribution in [-0.4, -0.2) is 70.1 Å². The number of aliphatic hydroxyl groups is 1. The fraction of sp³-hybridized carbons (Fsp3) is 0.609. The summed E-state index contributed by atoms with van der Waals surface area (Å²) in [5.41, 5.74) is 1.46. The molecule has 0 radical (unpaired) electrons. The van der Waals surface area contributed by atoms with Gasteiger partial charge in [0.1, 0.15) is 11.6 Å². The van der Waals surface area contributed by atoms with Gasteiger partial charge in [-0.05, 0) is 50.8 Å². The summed E-state index contributed by atoms with van der Waals surface area (Å²) >= 11 is 3.61. The number of hydrogen-bond acceptors (Lipinski definition) is 6. The molecule has 174 valence electrons. The summed E-state index contributed by atoms with van der Waals surface area (Å²) < 4.78 is 11.6. The van der Waals surface area contributed by atoms with Crippen LogP contribution < -0.4 is 5.32 Å². The topological polar surface area (TPSA) is 105 Å². The number of aliphatic hydroxyl groups excluding tert-OH is 1. The van der Waals surface area contributed by atoms with Crippen molar-refractivity contribution in [2.24, 2.45) is 11.8 Å². The zero-order valence-corrected chi connectivity index (χ0v) is 20.1. The van der Waals surface area contributed by atoms with Crippen LogP contribution in [0, 0.1) is 25.7 Å². The van der Waals surface area contributed by atoms with Crippen molar-refractivity contribution in [2.75, 3.05) is 25.1 Å². The van der Waals surface area contributed by atoms with Crippen LogP contribution in [0.1, 0.15) is 30.9 Å². The van der Waals surface area contributed by atoms with Crippen LogP contribution in [0.25, 0.3) is 0 Å². The number of carbonyl (C=O) groups excluding carboxylic acids is 3. The van der Waals surface area contributed by atoms with E-state index >= 15 is 0 Å². The molecule has 3 aliphatic rings. The molecule has 1 aromatic carbocycles. The van der Waals surface area contributed by atoms with Gasteiger partial charge in [0.25, 0.3) is 0 Å². The van der Waals surface area contributed by atoms with E-state index in [0.29, 0.717) is 18.5 Å². The minimum atomic E-state index is -1.12. The lowest BCUT2D eigenvalue weighted by Gasteiger charge is -2.34. The first-order valence-corrected chi connectivity index (χ1v) is 11.9. The summed E-state index contributed by atoms with van der Waals surface area (Å²) in [6.07, 6.45) is 0.233. The molecular formula is C23H29BrN2O6. The Hall–Kier alpha value is -1.97. The molecule has 0 saturated carbocycles. The third-order valence-corrected chi connectivity index (χ3v) is 7.65. The molecule has 3 unspecified atom stereocenters. The highest BCUT2D eigenvalue weighted by Gasteiger charge is 2.76. The quantitative estimate of drug-likeness (QED) is 0.430. The highest BCUT2D eigenvalue weighted by molar-refractivity contribution is 9.09. The molecule has 6 atom stereocenters. The van der Waals surface area contributed by atoms with Gasteiger partial charge < -0.3 is 24.8 Å². The summed E-state index contributed by atoms with van der Waals surface area (Å²) in [5, 5.41) is 12.4. The van der Waals surface area contributed by atoms with E-state index in [1.54, 1.807) is 6.92 Å². The van der Waals surface area contributed by atoms with Crippen LogP contribution in [0.4, 0.5) is 5.69 Å². The number of anilines is 1. The summed E-state index contributed by atoms with van der Waals surface area (Å²) in [4.78, 5) is 41.3. The highest BCUT2D eigenvalue weighted by atomic mass is 79.9. The molecule has 2 N–H and O–H groups in total. The maximum absolute atomic E-state index is 13.7. The van der Waals surface area contributed by atoms with Crippen molar-refractivity contribution in [3.8, 4) is 0 Å². The predicted molar refractivity (Wildman–Crippen MR) is 120 cm³/mol. The zero-order valence-electron chi connectivity index (χ0n) is 18.5. The molecule has 1 spiro atoms. The van der Waals surface area contributed by atoms with Gasteiger partial charge in [-0.25, -0.2) is 0 Å². The highest BCUT2D eigenvalue weighted by Crippen LogP contribution is 2.60. The Morgan fingerprint density at radius 3 is 2.81 bits per heavy atom. The molecule has 0 aromatic heterocycles. The third kappa shape index (κ3) is 3.54. The Bertz CT molecular complexity index is 939. The van der Waals surface area contributed by atoms with Crippen molar-refractivity contribution in [1.82, 2.24) is 4.90 Å². The first-order valence-electron chi connectivity index (χ1n) is 11.0. The molecule has 4 rings (SSSR count).